The largest absolute Gasteiger partial charge is 0.465 e. The van der Waals surface area contributed by atoms with Crippen LogP contribution in [0.15, 0.2) is 30.3 Å². The maximum atomic E-state index is 10.6. The quantitative estimate of drug-likeness (QED) is 0.451. The SMILES string of the molecule is CCOCc1cc2c(Cl)nc3ccccc3c2n1CCCCNC(=O)O. The third kappa shape index (κ3) is 3.92. The number of nitrogens with one attached hydrogen (secondary N) is 1. The lowest BCUT2D eigenvalue weighted by Gasteiger charge is -2.12. The van der Waals surface area contributed by atoms with Crippen molar-refractivity contribution in [1.82, 2.24) is 14.9 Å². The molecule has 0 saturated heterocycles. The van der Waals surface area contributed by atoms with E-state index in [0.717, 1.165) is 46.9 Å². The molecule has 3 rings (SSSR count). The molecule has 0 atom stereocenters. The minimum atomic E-state index is -0.989. The molecule has 0 spiro atoms. The second-order valence-electron chi connectivity index (χ2n) is 6.05. The van der Waals surface area contributed by atoms with Gasteiger partial charge in [-0.15, -0.1) is 0 Å². The van der Waals surface area contributed by atoms with Crippen molar-refractivity contribution < 1.29 is 14.6 Å². The molecule has 6 nitrogen and oxygen atoms in total. The van der Waals surface area contributed by atoms with E-state index in [1.165, 1.54) is 0 Å². The van der Waals surface area contributed by atoms with E-state index >= 15 is 0 Å². The first-order chi connectivity index (χ1) is 12.6. The first kappa shape index (κ1) is 18.5. The number of halogens is 1. The maximum Gasteiger partial charge on any atom is 0.404 e. The number of benzene rings is 1. The molecule has 2 heterocycles. The second-order valence-corrected chi connectivity index (χ2v) is 6.40. The van der Waals surface area contributed by atoms with Crippen LogP contribution in [0.2, 0.25) is 5.15 Å². The molecule has 0 unspecified atom stereocenters. The Morgan fingerprint density at radius 2 is 2.12 bits per heavy atom. The average molecular weight is 376 g/mol. The predicted octanol–water partition coefficient (Wildman–Crippen LogP) is 4.43. The van der Waals surface area contributed by atoms with E-state index in [4.69, 9.17) is 21.4 Å². The van der Waals surface area contributed by atoms with Crippen LogP contribution in [-0.4, -0.2) is 33.9 Å². The molecule has 0 fully saturated rings. The molecule has 0 aliphatic heterocycles. The number of amides is 1. The molecule has 0 radical (unpaired) electrons. The van der Waals surface area contributed by atoms with Crippen LogP contribution in [0.4, 0.5) is 4.79 Å². The van der Waals surface area contributed by atoms with Crippen LogP contribution in [0, 0.1) is 0 Å². The summed E-state index contributed by atoms with van der Waals surface area (Å²) in [6, 6.07) is 9.99. The van der Waals surface area contributed by atoms with Crippen molar-refractivity contribution in [2.45, 2.75) is 32.9 Å². The molecule has 2 N–H and O–H groups in total. The predicted molar refractivity (Wildman–Crippen MR) is 103 cm³/mol. The van der Waals surface area contributed by atoms with E-state index in [0.29, 0.717) is 24.9 Å². The fourth-order valence-corrected chi connectivity index (χ4v) is 3.39. The number of hydrogen-bond acceptors (Lipinski definition) is 3. The van der Waals surface area contributed by atoms with Crippen LogP contribution in [0.25, 0.3) is 21.8 Å². The number of aromatic nitrogens is 2. The number of rotatable bonds is 8. The zero-order valence-electron chi connectivity index (χ0n) is 14.7. The number of para-hydroxylation sites is 1. The van der Waals surface area contributed by atoms with Crippen LogP contribution in [0.3, 0.4) is 0 Å². The van der Waals surface area contributed by atoms with E-state index < -0.39 is 6.09 Å². The molecule has 0 aliphatic rings. The molecule has 2 aromatic heterocycles. The molecule has 26 heavy (non-hydrogen) atoms. The Bertz CT molecular complexity index is 923. The fraction of sp³-hybridized carbons (Fsp3) is 0.368. The van der Waals surface area contributed by atoms with Gasteiger partial charge in [-0.1, -0.05) is 29.8 Å². The van der Waals surface area contributed by atoms with E-state index in [9.17, 15) is 4.79 Å². The zero-order chi connectivity index (χ0) is 18.5. The third-order valence-corrected chi connectivity index (χ3v) is 4.61. The number of pyridine rings is 1. The highest BCUT2D eigenvalue weighted by molar-refractivity contribution is 6.35. The summed E-state index contributed by atoms with van der Waals surface area (Å²) in [5.74, 6) is 0. The number of unbranched alkanes of at least 4 members (excludes halogenated alkanes) is 1. The Hall–Kier alpha value is -2.31. The standard InChI is InChI=1S/C19H22ClN3O3/c1-2-26-12-13-11-15-17(23(13)10-6-5-9-21-19(24)25)14-7-3-4-8-16(14)22-18(15)20/h3-4,7-8,11,21H,2,5-6,9-10,12H2,1H3,(H,24,25). The monoisotopic (exact) mass is 375 g/mol. The highest BCUT2D eigenvalue weighted by Crippen LogP contribution is 2.32. The van der Waals surface area contributed by atoms with Gasteiger partial charge in [0.25, 0.3) is 0 Å². The minimum absolute atomic E-state index is 0.443. The molecule has 7 heteroatoms. The van der Waals surface area contributed by atoms with Crippen LogP contribution in [-0.2, 0) is 17.9 Å². The van der Waals surface area contributed by atoms with Gasteiger partial charge in [0.15, 0.2) is 0 Å². The number of aryl methyl sites for hydroxylation is 1. The topological polar surface area (TPSA) is 76.4 Å². The summed E-state index contributed by atoms with van der Waals surface area (Å²) in [6.07, 6.45) is 0.617. The first-order valence-corrected chi connectivity index (χ1v) is 9.10. The van der Waals surface area contributed by atoms with Gasteiger partial charge in [0.05, 0.1) is 17.6 Å². The molecular formula is C19H22ClN3O3. The van der Waals surface area contributed by atoms with Crippen molar-refractivity contribution in [1.29, 1.82) is 0 Å². The second kappa shape index (κ2) is 8.38. The van der Waals surface area contributed by atoms with Gasteiger partial charge >= 0.3 is 6.09 Å². The molecule has 0 saturated carbocycles. The van der Waals surface area contributed by atoms with Crippen molar-refractivity contribution in [3.8, 4) is 0 Å². The highest BCUT2D eigenvalue weighted by Gasteiger charge is 2.15. The van der Waals surface area contributed by atoms with Gasteiger partial charge in [-0.2, -0.15) is 0 Å². The van der Waals surface area contributed by atoms with Gasteiger partial charge in [0.2, 0.25) is 0 Å². The van der Waals surface area contributed by atoms with Crippen LogP contribution >= 0.6 is 11.6 Å². The Morgan fingerprint density at radius 1 is 1.31 bits per heavy atom. The summed E-state index contributed by atoms with van der Waals surface area (Å²) in [5, 5.41) is 13.5. The summed E-state index contributed by atoms with van der Waals surface area (Å²) >= 11 is 6.43. The van der Waals surface area contributed by atoms with Crippen molar-refractivity contribution in [3.05, 3.63) is 41.2 Å². The van der Waals surface area contributed by atoms with Crippen LogP contribution in [0.5, 0.6) is 0 Å². The van der Waals surface area contributed by atoms with Gasteiger partial charge in [-0.25, -0.2) is 9.78 Å². The van der Waals surface area contributed by atoms with Crippen LogP contribution in [0.1, 0.15) is 25.5 Å². The molecule has 3 aromatic rings. The number of ether oxygens (including phenoxy) is 1. The Morgan fingerprint density at radius 3 is 2.88 bits per heavy atom. The normalized spacial score (nSPS) is 11.3. The lowest BCUT2D eigenvalue weighted by Crippen LogP contribution is -2.22. The minimum Gasteiger partial charge on any atom is -0.465 e. The van der Waals surface area contributed by atoms with Crippen molar-refractivity contribution in [2.75, 3.05) is 13.2 Å². The summed E-state index contributed by atoms with van der Waals surface area (Å²) in [7, 11) is 0. The average Bonchev–Trinajstić information content (AvgIpc) is 2.99. The van der Waals surface area contributed by atoms with Crippen molar-refractivity contribution >= 4 is 39.5 Å². The Kier molecular flexibility index (Phi) is 5.96. The first-order valence-electron chi connectivity index (χ1n) is 8.72. The summed E-state index contributed by atoms with van der Waals surface area (Å²) in [4.78, 5) is 15.1. The smallest absolute Gasteiger partial charge is 0.404 e. The lowest BCUT2D eigenvalue weighted by molar-refractivity contribution is 0.129. The number of hydrogen-bond donors (Lipinski definition) is 2. The summed E-state index contributed by atoms with van der Waals surface area (Å²) < 4.78 is 7.85. The van der Waals surface area contributed by atoms with Gasteiger partial charge in [0.1, 0.15) is 5.15 Å². The Labute approximate surface area is 156 Å². The van der Waals surface area contributed by atoms with Crippen LogP contribution < -0.4 is 5.32 Å². The van der Waals surface area contributed by atoms with Crippen molar-refractivity contribution in [2.24, 2.45) is 0 Å². The third-order valence-electron chi connectivity index (χ3n) is 4.32. The summed E-state index contributed by atoms with van der Waals surface area (Å²) in [6.45, 7) is 4.31. The number of carboxylic acid groups (broad SMARTS) is 1. The Balaban J connectivity index is 1.97. The van der Waals surface area contributed by atoms with Gasteiger partial charge in [0, 0.05) is 36.2 Å². The lowest BCUT2D eigenvalue weighted by atomic mass is 10.1. The summed E-state index contributed by atoms with van der Waals surface area (Å²) in [5.41, 5.74) is 2.97. The molecular weight excluding hydrogens is 354 g/mol. The van der Waals surface area contributed by atoms with E-state index in [1.807, 2.05) is 37.3 Å². The van der Waals surface area contributed by atoms with Gasteiger partial charge in [-0.05, 0) is 31.9 Å². The molecule has 1 aromatic carbocycles. The zero-order valence-corrected chi connectivity index (χ0v) is 15.4. The maximum absolute atomic E-state index is 10.6. The van der Waals surface area contributed by atoms with Crippen molar-refractivity contribution in [3.63, 3.8) is 0 Å². The van der Waals surface area contributed by atoms with E-state index in [-0.39, 0.29) is 0 Å². The molecule has 0 aliphatic carbocycles. The highest BCUT2D eigenvalue weighted by atomic mass is 35.5. The fourth-order valence-electron chi connectivity index (χ4n) is 3.16. The number of nitrogens with zero attached hydrogens (tertiary/aromatic N) is 2. The number of carbonyl (C=O) groups is 1. The van der Waals surface area contributed by atoms with Gasteiger partial charge < -0.3 is 19.7 Å². The van der Waals surface area contributed by atoms with Gasteiger partial charge in [-0.3, -0.25) is 0 Å². The molecule has 1 amide bonds. The molecule has 0 bridgehead atoms. The molecule has 138 valence electrons. The number of fused-ring (bicyclic) bond motifs is 3. The van der Waals surface area contributed by atoms with E-state index in [2.05, 4.69) is 14.9 Å². The van der Waals surface area contributed by atoms with E-state index in [1.54, 1.807) is 0 Å².